The Morgan fingerprint density at radius 3 is 2.59 bits per heavy atom. The zero-order valence-electron chi connectivity index (χ0n) is 9.99. The Morgan fingerprint density at radius 1 is 1.41 bits per heavy atom. The molecule has 0 aliphatic heterocycles. The number of aliphatic hydroxyl groups is 1. The Hall–Kier alpha value is -1.37. The molecule has 0 aliphatic rings. The molecular formula is C14H18FNO. The Morgan fingerprint density at radius 2 is 2.06 bits per heavy atom. The third kappa shape index (κ3) is 4.56. The van der Waals surface area contributed by atoms with Gasteiger partial charge in [0.1, 0.15) is 5.82 Å². The summed E-state index contributed by atoms with van der Waals surface area (Å²) in [5.74, 6) is 2.30. The lowest BCUT2D eigenvalue weighted by Gasteiger charge is -2.17. The normalized spacial score (nSPS) is 14.0. The minimum atomic E-state index is -0.637. The van der Waals surface area contributed by atoms with Crippen molar-refractivity contribution in [3.05, 3.63) is 35.6 Å². The number of terminal acetylenes is 1. The van der Waals surface area contributed by atoms with Crippen LogP contribution in [-0.2, 0) is 0 Å². The molecule has 1 aromatic rings. The van der Waals surface area contributed by atoms with Gasteiger partial charge in [-0.15, -0.1) is 12.3 Å². The fourth-order valence-corrected chi connectivity index (χ4v) is 1.58. The molecule has 0 spiro atoms. The second kappa shape index (κ2) is 7.05. The highest BCUT2D eigenvalue weighted by Crippen LogP contribution is 2.13. The van der Waals surface area contributed by atoms with Gasteiger partial charge in [-0.25, -0.2) is 4.39 Å². The maximum Gasteiger partial charge on any atom is 0.123 e. The molecule has 0 amide bonds. The van der Waals surface area contributed by atoms with Crippen LogP contribution in [0.4, 0.5) is 4.39 Å². The van der Waals surface area contributed by atoms with Crippen LogP contribution < -0.4 is 5.32 Å². The number of halogens is 1. The lowest BCUT2D eigenvalue weighted by molar-refractivity contribution is 0.169. The first-order valence-corrected chi connectivity index (χ1v) is 5.77. The summed E-state index contributed by atoms with van der Waals surface area (Å²) >= 11 is 0. The fourth-order valence-electron chi connectivity index (χ4n) is 1.58. The van der Waals surface area contributed by atoms with Crippen LogP contribution in [0.25, 0.3) is 0 Å². The lowest BCUT2D eigenvalue weighted by atomic mass is 10.1. The smallest absolute Gasteiger partial charge is 0.123 e. The third-order valence-corrected chi connectivity index (χ3v) is 2.71. The Labute approximate surface area is 102 Å². The molecule has 0 radical (unpaired) electrons. The summed E-state index contributed by atoms with van der Waals surface area (Å²) in [6.45, 7) is 2.46. The van der Waals surface area contributed by atoms with Crippen LogP contribution in [0.5, 0.6) is 0 Å². The van der Waals surface area contributed by atoms with Crippen LogP contribution in [0, 0.1) is 18.2 Å². The van der Waals surface area contributed by atoms with Gasteiger partial charge in [0, 0.05) is 19.0 Å². The molecule has 0 aromatic heterocycles. The maximum absolute atomic E-state index is 12.7. The molecule has 2 unspecified atom stereocenters. The van der Waals surface area contributed by atoms with Crippen LogP contribution in [0.1, 0.15) is 31.4 Å². The highest BCUT2D eigenvalue weighted by atomic mass is 19.1. The average molecular weight is 235 g/mol. The first kappa shape index (κ1) is 13.7. The average Bonchev–Trinajstić information content (AvgIpc) is 2.35. The highest BCUT2D eigenvalue weighted by Gasteiger charge is 2.10. The van der Waals surface area contributed by atoms with E-state index in [0.29, 0.717) is 18.5 Å². The number of hydrogen-bond donors (Lipinski definition) is 2. The number of benzene rings is 1. The van der Waals surface area contributed by atoms with E-state index in [4.69, 9.17) is 6.42 Å². The molecule has 2 nitrogen and oxygen atoms in total. The summed E-state index contributed by atoms with van der Waals surface area (Å²) in [4.78, 5) is 0. The summed E-state index contributed by atoms with van der Waals surface area (Å²) in [6, 6.07) is 6.08. The van der Waals surface area contributed by atoms with Gasteiger partial charge in [-0.05, 0) is 24.1 Å². The van der Waals surface area contributed by atoms with Crippen molar-refractivity contribution in [3.63, 3.8) is 0 Å². The minimum absolute atomic E-state index is 0.218. The zero-order chi connectivity index (χ0) is 12.7. The number of aliphatic hydroxyl groups excluding tert-OH is 1. The molecule has 3 heteroatoms. The van der Waals surface area contributed by atoms with Crippen molar-refractivity contribution < 1.29 is 9.50 Å². The van der Waals surface area contributed by atoms with Crippen molar-refractivity contribution in [3.8, 4) is 12.3 Å². The molecule has 1 rings (SSSR count). The molecule has 92 valence electrons. The molecule has 2 N–H and O–H groups in total. The molecule has 1 aromatic carbocycles. The van der Waals surface area contributed by atoms with Crippen molar-refractivity contribution in [1.82, 2.24) is 5.32 Å². The number of hydrogen-bond acceptors (Lipinski definition) is 2. The summed E-state index contributed by atoms with van der Waals surface area (Å²) in [7, 11) is 0. The monoisotopic (exact) mass is 235 g/mol. The summed E-state index contributed by atoms with van der Waals surface area (Å²) in [5, 5.41) is 13.1. The Balaban J connectivity index is 2.46. The van der Waals surface area contributed by atoms with E-state index < -0.39 is 6.10 Å². The van der Waals surface area contributed by atoms with Gasteiger partial charge in [-0.3, -0.25) is 0 Å². The highest BCUT2D eigenvalue weighted by molar-refractivity contribution is 5.18. The van der Waals surface area contributed by atoms with Gasteiger partial charge in [0.15, 0.2) is 0 Å². The van der Waals surface area contributed by atoms with Crippen molar-refractivity contribution >= 4 is 0 Å². The van der Waals surface area contributed by atoms with Gasteiger partial charge < -0.3 is 10.4 Å². The number of nitrogens with one attached hydrogen (secondary N) is 1. The lowest BCUT2D eigenvalue weighted by Crippen LogP contribution is -2.32. The quantitative estimate of drug-likeness (QED) is 0.741. The van der Waals surface area contributed by atoms with E-state index in [1.807, 2.05) is 6.92 Å². The predicted octanol–water partition coefficient (Wildman–Crippen LogP) is 2.25. The van der Waals surface area contributed by atoms with Crippen molar-refractivity contribution in [2.24, 2.45) is 0 Å². The van der Waals surface area contributed by atoms with Crippen LogP contribution in [-0.4, -0.2) is 17.7 Å². The van der Waals surface area contributed by atoms with Crippen molar-refractivity contribution in [2.75, 3.05) is 6.54 Å². The molecular weight excluding hydrogens is 217 g/mol. The molecule has 0 saturated carbocycles. The van der Waals surface area contributed by atoms with Gasteiger partial charge in [-0.2, -0.15) is 0 Å². The molecule has 17 heavy (non-hydrogen) atoms. The van der Waals surface area contributed by atoms with Crippen LogP contribution in [0.3, 0.4) is 0 Å². The summed E-state index contributed by atoms with van der Waals surface area (Å²) < 4.78 is 12.7. The molecule has 2 atom stereocenters. The largest absolute Gasteiger partial charge is 0.387 e. The Kier molecular flexibility index (Phi) is 5.68. The topological polar surface area (TPSA) is 32.3 Å². The van der Waals surface area contributed by atoms with Crippen LogP contribution in [0.15, 0.2) is 24.3 Å². The molecule has 0 saturated heterocycles. The van der Waals surface area contributed by atoms with Crippen LogP contribution in [0.2, 0.25) is 0 Å². The molecule has 0 bridgehead atoms. The van der Waals surface area contributed by atoms with E-state index in [1.165, 1.54) is 12.1 Å². The molecule has 0 aliphatic carbocycles. The first-order chi connectivity index (χ1) is 8.17. The summed E-state index contributed by atoms with van der Waals surface area (Å²) in [5.41, 5.74) is 0.703. The van der Waals surface area contributed by atoms with Gasteiger partial charge >= 0.3 is 0 Å². The second-order valence-electron chi connectivity index (χ2n) is 3.99. The van der Waals surface area contributed by atoms with E-state index in [0.717, 1.165) is 6.42 Å². The predicted molar refractivity (Wildman–Crippen MR) is 66.9 cm³/mol. The van der Waals surface area contributed by atoms with Crippen molar-refractivity contribution in [2.45, 2.75) is 31.9 Å². The minimum Gasteiger partial charge on any atom is -0.387 e. The van der Waals surface area contributed by atoms with E-state index in [9.17, 15) is 9.50 Å². The first-order valence-electron chi connectivity index (χ1n) is 5.77. The molecule has 0 fully saturated rings. The van der Waals surface area contributed by atoms with E-state index in [1.54, 1.807) is 12.1 Å². The van der Waals surface area contributed by atoms with E-state index in [2.05, 4.69) is 11.2 Å². The fraction of sp³-hybridized carbons (Fsp3) is 0.429. The van der Waals surface area contributed by atoms with Crippen LogP contribution >= 0.6 is 0 Å². The summed E-state index contributed by atoms with van der Waals surface area (Å²) in [6.07, 6.45) is 6.17. The van der Waals surface area contributed by atoms with Crippen molar-refractivity contribution in [1.29, 1.82) is 0 Å². The van der Waals surface area contributed by atoms with E-state index >= 15 is 0 Å². The van der Waals surface area contributed by atoms with Gasteiger partial charge in [0.25, 0.3) is 0 Å². The van der Waals surface area contributed by atoms with Gasteiger partial charge in [0.05, 0.1) is 6.10 Å². The SMILES string of the molecule is C#CCC(CC)NCC(O)c1ccc(F)cc1. The Bertz CT molecular complexity index is 369. The number of rotatable bonds is 6. The third-order valence-electron chi connectivity index (χ3n) is 2.71. The standard InChI is InChI=1S/C14H18FNO/c1-3-5-13(4-2)16-10-14(17)11-6-8-12(15)9-7-11/h1,6-9,13-14,16-17H,4-5,10H2,2H3. The molecule has 0 heterocycles. The maximum atomic E-state index is 12.7. The van der Waals surface area contributed by atoms with Gasteiger partial charge in [-0.1, -0.05) is 19.1 Å². The van der Waals surface area contributed by atoms with E-state index in [-0.39, 0.29) is 11.9 Å². The second-order valence-corrected chi connectivity index (χ2v) is 3.99. The van der Waals surface area contributed by atoms with Gasteiger partial charge in [0.2, 0.25) is 0 Å². The zero-order valence-corrected chi connectivity index (χ0v) is 9.99.